The van der Waals surface area contributed by atoms with Gasteiger partial charge in [0, 0.05) is 19.4 Å². The molecule has 0 amide bonds. The van der Waals surface area contributed by atoms with E-state index in [-0.39, 0.29) is 38.6 Å². The Kier molecular flexibility index (Phi) is 71.0. The van der Waals surface area contributed by atoms with Gasteiger partial charge in [-0.2, -0.15) is 0 Å². The third-order valence-corrected chi connectivity index (χ3v) is 17.1. The van der Waals surface area contributed by atoms with Crippen LogP contribution in [0.25, 0.3) is 0 Å². The molecule has 0 fully saturated rings. The molecule has 0 saturated heterocycles. The summed E-state index contributed by atoms with van der Waals surface area (Å²) in [5.74, 6) is -0.818. The van der Waals surface area contributed by atoms with Crippen LogP contribution in [-0.2, 0) is 32.7 Å². The molecule has 0 aliphatic heterocycles. The van der Waals surface area contributed by atoms with Crippen LogP contribution in [0.5, 0.6) is 0 Å². The Balaban J connectivity index is 3.82. The van der Waals surface area contributed by atoms with Crippen LogP contribution >= 0.6 is 7.82 Å². The number of unbranched alkanes of at least 4 members (excludes halogenated alkanes) is 39. The topological polar surface area (TPSA) is 134 Å². The summed E-state index contributed by atoms with van der Waals surface area (Å²) < 4.78 is 33.2. The van der Waals surface area contributed by atoms with Crippen LogP contribution in [0.4, 0.5) is 0 Å². The molecule has 0 aromatic heterocycles. The number of phosphoric acid groups is 1. The van der Waals surface area contributed by atoms with Crippen molar-refractivity contribution in [2.75, 3.05) is 26.4 Å². The Morgan fingerprint density at radius 2 is 0.618 bits per heavy atom. The predicted molar refractivity (Wildman–Crippen MR) is 385 cm³/mol. The Bertz CT molecular complexity index is 1830. The monoisotopic (exact) mass is 1260 g/mol. The number of carbonyl (C=O) groups is 2. The molecule has 10 heteroatoms. The fourth-order valence-corrected chi connectivity index (χ4v) is 11.4. The number of allylic oxidation sites excluding steroid dienone is 18. The minimum Gasteiger partial charge on any atom is -0.462 e. The van der Waals surface area contributed by atoms with E-state index in [9.17, 15) is 19.0 Å². The second kappa shape index (κ2) is 73.7. The van der Waals surface area contributed by atoms with Crippen molar-refractivity contribution in [2.24, 2.45) is 5.73 Å². The number of hydrogen-bond acceptors (Lipinski definition) is 8. The molecule has 3 N–H and O–H groups in total. The Hall–Kier alpha value is -3.33. The number of nitrogens with two attached hydrogens (primary N) is 1. The highest BCUT2D eigenvalue weighted by molar-refractivity contribution is 7.47. The van der Waals surface area contributed by atoms with Gasteiger partial charge in [-0.1, -0.05) is 342 Å². The van der Waals surface area contributed by atoms with E-state index < -0.39 is 26.5 Å². The van der Waals surface area contributed by atoms with Crippen LogP contribution in [0.2, 0.25) is 0 Å². The van der Waals surface area contributed by atoms with Crippen LogP contribution in [0.3, 0.4) is 0 Å². The van der Waals surface area contributed by atoms with Crippen molar-refractivity contribution in [1.29, 1.82) is 0 Å². The van der Waals surface area contributed by atoms with Gasteiger partial charge in [0.05, 0.1) is 13.2 Å². The maximum absolute atomic E-state index is 12.8. The largest absolute Gasteiger partial charge is 0.472 e. The normalized spacial score (nSPS) is 13.5. The highest BCUT2D eigenvalue weighted by Crippen LogP contribution is 2.43. The summed E-state index contributed by atoms with van der Waals surface area (Å²) in [6.07, 6.45) is 102. The number of rotatable bonds is 70. The van der Waals surface area contributed by atoms with Crippen molar-refractivity contribution in [2.45, 2.75) is 354 Å². The van der Waals surface area contributed by atoms with Gasteiger partial charge in [-0.25, -0.2) is 4.57 Å². The van der Waals surface area contributed by atoms with E-state index in [0.29, 0.717) is 6.42 Å². The summed E-state index contributed by atoms with van der Waals surface area (Å²) in [5, 5.41) is 0. The van der Waals surface area contributed by atoms with E-state index in [1.165, 1.54) is 225 Å². The van der Waals surface area contributed by atoms with Gasteiger partial charge >= 0.3 is 19.8 Å². The van der Waals surface area contributed by atoms with Crippen molar-refractivity contribution in [3.05, 3.63) is 109 Å². The van der Waals surface area contributed by atoms with E-state index in [1.807, 2.05) is 0 Å². The fraction of sp³-hybridized carbons (Fsp3) is 0.747. The van der Waals surface area contributed by atoms with Crippen LogP contribution in [0.1, 0.15) is 348 Å². The maximum Gasteiger partial charge on any atom is 0.472 e. The molecule has 0 bridgehead atoms. The first-order chi connectivity index (χ1) is 43.8. The number of hydrogen-bond donors (Lipinski definition) is 2. The first-order valence-corrected chi connectivity index (χ1v) is 38.9. The molecule has 514 valence electrons. The lowest BCUT2D eigenvalue weighted by atomic mass is 10.0. The van der Waals surface area contributed by atoms with Crippen molar-refractivity contribution < 1.29 is 37.6 Å². The van der Waals surface area contributed by atoms with Crippen molar-refractivity contribution in [1.82, 2.24) is 0 Å². The van der Waals surface area contributed by atoms with E-state index in [4.69, 9.17) is 24.3 Å². The van der Waals surface area contributed by atoms with Crippen LogP contribution < -0.4 is 5.73 Å². The summed E-state index contributed by atoms with van der Waals surface area (Å²) >= 11 is 0. The van der Waals surface area contributed by atoms with Gasteiger partial charge in [0.25, 0.3) is 0 Å². The molecule has 0 aromatic carbocycles. The molecule has 2 atom stereocenters. The highest BCUT2D eigenvalue weighted by atomic mass is 31.2. The molecule has 0 heterocycles. The van der Waals surface area contributed by atoms with E-state index >= 15 is 0 Å². The molecule has 0 spiro atoms. The number of carbonyl (C=O) groups excluding carboxylic acids is 2. The van der Waals surface area contributed by atoms with Crippen molar-refractivity contribution in [3.8, 4) is 0 Å². The second-order valence-corrected chi connectivity index (χ2v) is 26.2. The van der Waals surface area contributed by atoms with Gasteiger partial charge in [-0.15, -0.1) is 0 Å². The zero-order valence-electron chi connectivity index (χ0n) is 57.9. The van der Waals surface area contributed by atoms with Gasteiger partial charge in [0.1, 0.15) is 6.61 Å². The van der Waals surface area contributed by atoms with E-state index in [1.54, 1.807) is 0 Å². The highest BCUT2D eigenvalue weighted by Gasteiger charge is 2.26. The summed E-state index contributed by atoms with van der Waals surface area (Å²) in [6.45, 7) is 3.66. The molecule has 0 aliphatic rings. The summed E-state index contributed by atoms with van der Waals surface area (Å²) in [6, 6.07) is 0. The predicted octanol–water partition coefficient (Wildman–Crippen LogP) is 24.9. The average Bonchev–Trinajstić information content (AvgIpc) is 3.58. The third kappa shape index (κ3) is 73.6. The second-order valence-electron chi connectivity index (χ2n) is 24.8. The Labute approximate surface area is 549 Å². The molecule has 89 heavy (non-hydrogen) atoms. The molecule has 0 saturated carbocycles. The SMILES string of the molecule is CC/C=C\C/C=C\C/C=C\C/C=C\C/C=C\C/C=C\CCCCCCCCCCCCCCCCCCCCCCCCC(=O)OC(COC(=O)CCCCCCCCCCCCCC/C=C\C/C=C\C/C=C\CCCCCCC)COP(=O)(O)OCCN. The quantitative estimate of drug-likeness (QED) is 0.0264. The zero-order chi connectivity index (χ0) is 64.4. The van der Waals surface area contributed by atoms with Crippen molar-refractivity contribution >= 4 is 19.8 Å². The number of phosphoric ester groups is 1. The van der Waals surface area contributed by atoms with E-state index in [2.05, 4.69) is 123 Å². The average molecular weight is 1260 g/mol. The Morgan fingerprint density at radius 1 is 0.348 bits per heavy atom. The van der Waals surface area contributed by atoms with Gasteiger partial charge in [-0.3, -0.25) is 18.6 Å². The molecular weight excluding hydrogens is 1120 g/mol. The molecular formula is C79H140NO8P. The molecule has 2 unspecified atom stereocenters. The minimum atomic E-state index is -4.40. The number of esters is 2. The summed E-state index contributed by atoms with van der Waals surface area (Å²) in [7, 11) is -4.40. The minimum absolute atomic E-state index is 0.0516. The molecule has 0 radical (unpaired) electrons. The van der Waals surface area contributed by atoms with Gasteiger partial charge < -0.3 is 20.1 Å². The van der Waals surface area contributed by atoms with Crippen LogP contribution in [0.15, 0.2) is 109 Å². The molecule has 9 nitrogen and oxygen atoms in total. The first kappa shape index (κ1) is 85.7. The number of ether oxygens (including phenoxy) is 2. The van der Waals surface area contributed by atoms with Crippen LogP contribution in [-0.4, -0.2) is 49.3 Å². The Morgan fingerprint density at radius 3 is 0.921 bits per heavy atom. The van der Waals surface area contributed by atoms with Gasteiger partial charge in [0.2, 0.25) is 0 Å². The maximum atomic E-state index is 12.8. The first-order valence-electron chi connectivity index (χ1n) is 37.4. The fourth-order valence-electron chi connectivity index (χ4n) is 10.7. The van der Waals surface area contributed by atoms with Crippen molar-refractivity contribution in [3.63, 3.8) is 0 Å². The third-order valence-electron chi connectivity index (χ3n) is 16.1. The standard InChI is InChI=1S/C79H140NO8P/c1-3-5-7-9-11-13-15-17-19-21-23-25-27-29-31-32-33-34-35-36-37-38-39-40-41-42-43-44-46-48-50-52-54-56-58-60-62-64-66-68-70-72-79(82)88-77(76-87-89(83,84)86-74-73-80)75-85-78(81)71-69-67-65-63-61-59-57-55-53-51-49-47-45-30-28-26-24-22-20-18-16-14-12-10-8-6-4-2/h5,7,11,13,16-19,22-25,28-31,33-34,77H,3-4,6,8-10,12,14-15,20-21,26-27,32,35-76,80H2,1-2H3,(H,83,84)/b7-5-,13-11-,18-16-,19-17-,24-22-,25-23-,30-28-,31-29-,34-33-. The van der Waals surface area contributed by atoms with Gasteiger partial charge in [0.15, 0.2) is 6.10 Å². The lowest BCUT2D eigenvalue weighted by molar-refractivity contribution is -0.161. The lowest BCUT2D eigenvalue weighted by Crippen LogP contribution is -2.29. The zero-order valence-corrected chi connectivity index (χ0v) is 58.8. The smallest absolute Gasteiger partial charge is 0.462 e. The summed E-state index contributed by atoms with van der Waals surface area (Å²) in [4.78, 5) is 35.4. The van der Waals surface area contributed by atoms with Crippen LogP contribution in [0, 0.1) is 0 Å². The van der Waals surface area contributed by atoms with E-state index in [0.717, 1.165) is 89.9 Å². The molecule has 0 rings (SSSR count). The lowest BCUT2D eigenvalue weighted by Gasteiger charge is -2.19. The summed E-state index contributed by atoms with van der Waals surface area (Å²) in [5.41, 5.74) is 5.41. The molecule has 0 aromatic rings. The molecule has 0 aliphatic carbocycles. The van der Waals surface area contributed by atoms with Gasteiger partial charge in [-0.05, 0) is 103 Å².